The summed E-state index contributed by atoms with van der Waals surface area (Å²) < 4.78 is 14.9. The summed E-state index contributed by atoms with van der Waals surface area (Å²) in [4.78, 5) is 31.2. The molecule has 0 spiro atoms. The first-order valence-corrected chi connectivity index (χ1v) is 13.2. The van der Waals surface area contributed by atoms with Gasteiger partial charge in [-0.1, -0.05) is 23.2 Å². The van der Waals surface area contributed by atoms with Crippen LogP contribution in [0.1, 0.15) is 10.4 Å². The van der Waals surface area contributed by atoms with Gasteiger partial charge in [0.05, 0.1) is 41.7 Å². The van der Waals surface area contributed by atoms with E-state index in [0.717, 1.165) is 12.1 Å². The summed E-state index contributed by atoms with van der Waals surface area (Å²) in [6.07, 6.45) is 5.41. The van der Waals surface area contributed by atoms with Gasteiger partial charge in [0.1, 0.15) is 21.9 Å². The number of anilines is 4. The second-order valence-corrected chi connectivity index (χ2v) is 10.5. The van der Waals surface area contributed by atoms with Crippen molar-refractivity contribution < 1.29 is 19.4 Å². The molecule has 4 rings (SSSR count). The zero-order valence-electron chi connectivity index (χ0n) is 18.0. The van der Waals surface area contributed by atoms with Crippen molar-refractivity contribution in [2.24, 2.45) is 0 Å². The average Bonchev–Trinajstić information content (AvgIpc) is 2.82. The van der Waals surface area contributed by atoms with E-state index >= 15 is 0 Å². The van der Waals surface area contributed by atoms with Gasteiger partial charge in [-0.15, -0.1) is 0 Å². The quantitative estimate of drug-likeness (QED) is 0.170. The van der Waals surface area contributed by atoms with Gasteiger partial charge in [-0.2, -0.15) is 0 Å². The molecule has 37 heavy (non-hydrogen) atoms. The third kappa shape index (κ3) is 6.00. The van der Waals surface area contributed by atoms with Crippen LogP contribution in [0.15, 0.2) is 55.1 Å². The SMILES string of the molecule is O=C(O)c1cc(I)c(N(C(=S)N(c2cncc(Cl)n2)c2ccc(F)cc2O)c2cncc(Cl)n2)c(I)c1. The molecular weight excluding hydrogens is 772 g/mol. The Morgan fingerprint density at radius 1 is 0.919 bits per heavy atom. The zero-order chi connectivity index (χ0) is 26.9. The number of aromatic carboxylic acids is 1. The molecule has 0 unspecified atom stereocenters. The van der Waals surface area contributed by atoms with Gasteiger partial charge in [0, 0.05) is 13.2 Å². The third-order valence-electron chi connectivity index (χ3n) is 4.69. The Morgan fingerprint density at radius 2 is 1.46 bits per heavy atom. The Labute approximate surface area is 251 Å². The highest BCUT2D eigenvalue weighted by Gasteiger charge is 2.30. The number of halogens is 5. The Balaban J connectivity index is 2.00. The number of carbonyl (C=O) groups is 1. The van der Waals surface area contributed by atoms with Crippen molar-refractivity contribution in [3.63, 3.8) is 0 Å². The monoisotopic (exact) mass is 782 g/mol. The molecule has 9 nitrogen and oxygen atoms in total. The van der Waals surface area contributed by atoms with Crippen molar-refractivity contribution in [2.45, 2.75) is 0 Å². The number of thiocarbonyl (C=S) groups is 1. The lowest BCUT2D eigenvalue weighted by Gasteiger charge is -2.33. The molecule has 0 saturated carbocycles. The molecule has 0 atom stereocenters. The van der Waals surface area contributed by atoms with E-state index in [0.29, 0.717) is 12.8 Å². The summed E-state index contributed by atoms with van der Waals surface area (Å²) in [7, 11) is 0. The summed E-state index contributed by atoms with van der Waals surface area (Å²) in [6.45, 7) is 0. The summed E-state index contributed by atoms with van der Waals surface area (Å²) >= 11 is 22.1. The second kappa shape index (κ2) is 11.5. The predicted octanol–water partition coefficient (Wildman–Crippen LogP) is 6.59. The molecule has 0 radical (unpaired) electrons. The van der Waals surface area contributed by atoms with Gasteiger partial charge in [0.15, 0.2) is 16.7 Å². The van der Waals surface area contributed by atoms with Crippen molar-refractivity contribution in [1.82, 2.24) is 19.9 Å². The van der Waals surface area contributed by atoms with E-state index in [1.807, 2.05) is 45.2 Å². The van der Waals surface area contributed by atoms with Crippen LogP contribution in [0.3, 0.4) is 0 Å². The Morgan fingerprint density at radius 3 is 1.95 bits per heavy atom. The van der Waals surface area contributed by atoms with Crippen LogP contribution in [0.25, 0.3) is 0 Å². The van der Waals surface area contributed by atoms with Crippen molar-refractivity contribution in [2.75, 3.05) is 9.80 Å². The van der Waals surface area contributed by atoms with E-state index in [1.54, 1.807) is 0 Å². The Hall–Kier alpha value is -2.47. The van der Waals surface area contributed by atoms with E-state index in [9.17, 15) is 19.4 Å². The fraction of sp³-hybridized carbons (Fsp3) is 0. The molecule has 0 aliphatic rings. The first kappa shape index (κ1) is 27.6. The minimum Gasteiger partial charge on any atom is -0.506 e. The van der Waals surface area contributed by atoms with Gasteiger partial charge in [-0.25, -0.2) is 19.2 Å². The molecule has 0 aliphatic carbocycles. The highest BCUT2D eigenvalue weighted by molar-refractivity contribution is 14.1. The largest absolute Gasteiger partial charge is 0.506 e. The molecule has 0 fully saturated rings. The van der Waals surface area contributed by atoms with Crippen molar-refractivity contribution in [3.05, 3.63) is 83.9 Å². The summed E-state index contributed by atoms with van der Waals surface area (Å²) in [5, 5.41) is 20.2. The van der Waals surface area contributed by atoms with Crippen LogP contribution < -0.4 is 9.80 Å². The molecule has 0 bridgehead atoms. The molecule has 0 amide bonds. The molecule has 2 aromatic heterocycles. The Bertz CT molecular complexity index is 1530. The lowest BCUT2D eigenvalue weighted by molar-refractivity contribution is 0.0696. The number of nitrogens with zero attached hydrogens (tertiary/aromatic N) is 6. The number of hydrogen-bond donors (Lipinski definition) is 2. The zero-order valence-corrected chi connectivity index (χ0v) is 24.6. The fourth-order valence-corrected chi connectivity index (χ4v) is 6.11. The first-order chi connectivity index (χ1) is 17.6. The summed E-state index contributed by atoms with van der Waals surface area (Å²) in [5.41, 5.74) is 0.582. The van der Waals surface area contributed by atoms with Crippen LogP contribution >= 0.6 is 80.6 Å². The number of carboxylic acid groups (broad SMARTS) is 1. The van der Waals surface area contributed by atoms with Gasteiger partial charge in [-0.3, -0.25) is 19.8 Å². The minimum absolute atomic E-state index is 0.0334. The van der Waals surface area contributed by atoms with Gasteiger partial charge in [0.2, 0.25) is 0 Å². The standard InChI is InChI=1S/C22H11Cl2FI2N6O3S/c23-16-6-28-8-18(30-16)32(14-2-1-11(25)5-15(14)34)22(37)33(19-9-29-7-17(24)31-19)20-12(26)3-10(21(35)36)4-13(20)27/h1-9,34H,(H,35,36). The van der Waals surface area contributed by atoms with Crippen LogP contribution in [0.2, 0.25) is 10.3 Å². The molecular formula is C22H11Cl2FI2N6O3S. The van der Waals surface area contributed by atoms with Crippen molar-refractivity contribution >= 4 is 115 Å². The molecule has 2 heterocycles. The van der Waals surface area contributed by atoms with Gasteiger partial charge < -0.3 is 10.2 Å². The number of benzene rings is 2. The van der Waals surface area contributed by atoms with Crippen molar-refractivity contribution in [3.8, 4) is 5.75 Å². The molecule has 4 aromatic rings. The van der Waals surface area contributed by atoms with Gasteiger partial charge >= 0.3 is 5.97 Å². The maximum absolute atomic E-state index is 13.9. The second-order valence-electron chi connectivity index (χ2n) is 7.08. The summed E-state index contributed by atoms with van der Waals surface area (Å²) in [5.74, 6) is -1.93. The molecule has 2 N–H and O–H groups in total. The van der Waals surface area contributed by atoms with Crippen LogP contribution in [-0.4, -0.2) is 41.2 Å². The van der Waals surface area contributed by atoms with Crippen LogP contribution in [-0.2, 0) is 0 Å². The molecule has 2 aromatic carbocycles. The number of phenols is 1. The van der Waals surface area contributed by atoms with Crippen LogP contribution in [0.5, 0.6) is 5.75 Å². The highest BCUT2D eigenvalue weighted by atomic mass is 127. The highest BCUT2D eigenvalue weighted by Crippen LogP contribution is 2.40. The number of carboxylic acids is 1. The lowest BCUT2D eigenvalue weighted by Crippen LogP contribution is -2.40. The van der Waals surface area contributed by atoms with Gasteiger partial charge in [-0.05, 0) is 81.7 Å². The minimum atomic E-state index is -1.11. The van der Waals surface area contributed by atoms with Crippen LogP contribution in [0, 0.1) is 13.0 Å². The summed E-state index contributed by atoms with van der Waals surface area (Å²) in [6, 6.07) is 6.30. The topological polar surface area (TPSA) is 116 Å². The fourth-order valence-electron chi connectivity index (χ4n) is 3.20. The number of rotatable bonds is 5. The van der Waals surface area contributed by atoms with E-state index < -0.39 is 17.5 Å². The number of hydrogen-bond acceptors (Lipinski definition) is 7. The number of aromatic nitrogens is 4. The average molecular weight is 783 g/mol. The van der Waals surface area contributed by atoms with E-state index in [1.165, 1.54) is 52.8 Å². The third-order valence-corrected chi connectivity index (χ3v) is 7.07. The normalized spacial score (nSPS) is 10.7. The number of phenolic OH excluding ortho intramolecular Hbond substituents is 1. The molecule has 15 heteroatoms. The maximum atomic E-state index is 13.9. The number of aromatic hydroxyl groups is 1. The lowest BCUT2D eigenvalue weighted by atomic mass is 10.2. The maximum Gasteiger partial charge on any atom is 0.335 e. The molecule has 0 saturated heterocycles. The Kier molecular flexibility index (Phi) is 8.57. The van der Waals surface area contributed by atoms with E-state index in [4.69, 9.17) is 35.4 Å². The predicted molar refractivity (Wildman–Crippen MR) is 158 cm³/mol. The van der Waals surface area contributed by atoms with E-state index in [2.05, 4.69) is 19.9 Å². The van der Waals surface area contributed by atoms with E-state index in [-0.39, 0.29) is 38.3 Å². The van der Waals surface area contributed by atoms with Crippen LogP contribution in [0.4, 0.5) is 27.4 Å². The first-order valence-electron chi connectivity index (χ1n) is 9.87. The van der Waals surface area contributed by atoms with Gasteiger partial charge in [0.25, 0.3) is 0 Å². The molecule has 188 valence electrons. The smallest absolute Gasteiger partial charge is 0.335 e. The van der Waals surface area contributed by atoms with Crippen molar-refractivity contribution in [1.29, 1.82) is 0 Å². The molecule has 0 aliphatic heterocycles.